The van der Waals surface area contributed by atoms with Gasteiger partial charge in [-0.1, -0.05) is 38.0 Å². The first-order chi connectivity index (χ1) is 8.88. The minimum atomic E-state index is 0.518. The molecule has 102 valence electrons. The van der Waals surface area contributed by atoms with Crippen molar-refractivity contribution in [3.8, 4) is 5.75 Å². The Morgan fingerprint density at radius 1 is 1.00 bits per heavy atom. The Bertz CT molecular complexity index is 315. The number of ether oxygens (including phenoxy) is 2. The predicted molar refractivity (Wildman–Crippen MR) is 74.8 cm³/mol. The molecule has 0 amide bonds. The van der Waals surface area contributed by atoms with E-state index in [9.17, 15) is 0 Å². The van der Waals surface area contributed by atoms with E-state index in [1.165, 1.54) is 12.8 Å². The van der Waals surface area contributed by atoms with E-state index in [0.29, 0.717) is 13.2 Å². The summed E-state index contributed by atoms with van der Waals surface area (Å²) in [6, 6.07) is 7.91. The summed E-state index contributed by atoms with van der Waals surface area (Å²) in [5.74, 6) is 0.894. The Morgan fingerprint density at radius 2 is 1.78 bits per heavy atom. The Hall–Kier alpha value is -1.06. The van der Waals surface area contributed by atoms with E-state index in [-0.39, 0.29) is 0 Å². The number of unbranched alkanes of at least 4 members (excludes halogenated alkanes) is 2. The molecule has 0 aliphatic heterocycles. The smallest absolute Gasteiger partial charge is 0.123 e. The normalized spacial score (nSPS) is 10.6. The van der Waals surface area contributed by atoms with Gasteiger partial charge in [-0.3, -0.25) is 0 Å². The quantitative estimate of drug-likeness (QED) is 0.650. The molecule has 0 atom stereocenters. The molecule has 0 saturated heterocycles. The van der Waals surface area contributed by atoms with E-state index in [1.807, 2.05) is 24.3 Å². The van der Waals surface area contributed by atoms with Crippen LogP contribution >= 0.6 is 0 Å². The van der Waals surface area contributed by atoms with Crippen molar-refractivity contribution in [3.63, 3.8) is 0 Å². The number of rotatable bonds is 10. The van der Waals surface area contributed by atoms with Crippen LogP contribution in [0.25, 0.3) is 0 Å². The molecule has 0 aliphatic rings. The zero-order valence-corrected chi connectivity index (χ0v) is 11.4. The summed E-state index contributed by atoms with van der Waals surface area (Å²) in [5.41, 5.74) is 6.70. The molecular weight excluding hydrogens is 226 g/mol. The van der Waals surface area contributed by atoms with Crippen molar-refractivity contribution < 1.29 is 9.47 Å². The Balaban J connectivity index is 2.07. The third kappa shape index (κ3) is 6.03. The number of benzene rings is 1. The highest BCUT2D eigenvalue weighted by molar-refractivity contribution is 5.32. The second-order valence-electron chi connectivity index (χ2n) is 4.33. The minimum Gasteiger partial charge on any atom is -0.493 e. The molecule has 0 heterocycles. The van der Waals surface area contributed by atoms with Gasteiger partial charge in [-0.05, 0) is 12.5 Å². The highest BCUT2D eigenvalue weighted by atomic mass is 16.5. The lowest BCUT2D eigenvalue weighted by atomic mass is 10.2. The van der Waals surface area contributed by atoms with E-state index in [0.717, 1.165) is 37.4 Å². The van der Waals surface area contributed by atoms with Crippen molar-refractivity contribution in [1.29, 1.82) is 0 Å². The maximum atomic E-state index is 5.70. The Kier molecular flexibility index (Phi) is 8.26. The summed E-state index contributed by atoms with van der Waals surface area (Å²) in [6.45, 7) is 5.04. The number of nitrogens with two attached hydrogens (primary N) is 1. The molecule has 0 bridgehead atoms. The maximum absolute atomic E-state index is 5.70. The van der Waals surface area contributed by atoms with Gasteiger partial charge in [0.25, 0.3) is 0 Å². The summed E-state index contributed by atoms with van der Waals surface area (Å²) in [7, 11) is 0. The molecule has 0 spiro atoms. The molecular formula is C15H25NO2. The van der Waals surface area contributed by atoms with Crippen molar-refractivity contribution in [2.75, 3.05) is 19.8 Å². The number of hydrogen-bond donors (Lipinski definition) is 1. The van der Waals surface area contributed by atoms with Gasteiger partial charge in [-0.2, -0.15) is 0 Å². The first kappa shape index (κ1) is 15.0. The second kappa shape index (κ2) is 9.92. The molecule has 3 heteroatoms. The third-order valence-electron chi connectivity index (χ3n) is 2.78. The molecule has 1 aromatic carbocycles. The van der Waals surface area contributed by atoms with Crippen LogP contribution in [0.4, 0.5) is 0 Å². The lowest BCUT2D eigenvalue weighted by Gasteiger charge is -2.10. The topological polar surface area (TPSA) is 44.5 Å². The van der Waals surface area contributed by atoms with Gasteiger partial charge in [-0.15, -0.1) is 0 Å². The molecule has 0 unspecified atom stereocenters. The summed E-state index contributed by atoms with van der Waals surface area (Å²) >= 11 is 0. The Morgan fingerprint density at radius 3 is 2.56 bits per heavy atom. The van der Waals surface area contributed by atoms with Crippen molar-refractivity contribution >= 4 is 0 Å². The monoisotopic (exact) mass is 251 g/mol. The first-order valence-electron chi connectivity index (χ1n) is 6.87. The van der Waals surface area contributed by atoms with Crippen LogP contribution in [0.3, 0.4) is 0 Å². The highest BCUT2D eigenvalue weighted by Crippen LogP contribution is 2.17. The van der Waals surface area contributed by atoms with E-state index < -0.39 is 0 Å². The molecule has 0 aromatic heterocycles. The van der Waals surface area contributed by atoms with Crippen molar-refractivity contribution in [3.05, 3.63) is 29.8 Å². The fraction of sp³-hybridized carbons (Fsp3) is 0.600. The molecule has 0 fully saturated rings. The molecule has 0 radical (unpaired) electrons. The average Bonchev–Trinajstić information content (AvgIpc) is 2.42. The van der Waals surface area contributed by atoms with Gasteiger partial charge in [0.15, 0.2) is 0 Å². The van der Waals surface area contributed by atoms with E-state index in [4.69, 9.17) is 15.2 Å². The average molecular weight is 251 g/mol. The summed E-state index contributed by atoms with van der Waals surface area (Å²) in [6.07, 6.45) is 4.57. The highest BCUT2D eigenvalue weighted by Gasteiger charge is 2.00. The fourth-order valence-electron chi connectivity index (χ4n) is 1.71. The van der Waals surface area contributed by atoms with Crippen LogP contribution in [0.1, 0.15) is 38.2 Å². The van der Waals surface area contributed by atoms with Gasteiger partial charge in [0, 0.05) is 31.7 Å². The van der Waals surface area contributed by atoms with E-state index >= 15 is 0 Å². The zero-order chi connectivity index (χ0) is 13.1. The second-order valence-corrected chi connectivity index (χ2v) is 4.33. The van der Waals surface area contributed by atoms with Crippen LogP contribution in [0.2, 0.25) is 0 Å². The molecule has 3 nitrogen and oxygen atoms in total. The molecule has 1 aromatic rings. The van der Waals surface area contributed by atoms with Crippen LogP contribution in [-0.2, 0) is 11.3 Å². The summed E-state index contributed by atoms with van der Waals surface area (Å²) in [5, 5.41) is 0. The largest absolute Gasteiger partial charge is 0.493 e. The summed E-state index contributed by atoms with van der Waals surface area (Å²) in [4.78, 5) is 0. The van der Waals surface area contributed by atoms with Crippen LogP contribution < -0.4 is 10.5 Å². The predicted octanol–water partition coefficient (Wildman–Crippen LogP) is 3.12. The fourth-order valence-corrected chi connectivity index (χ4v) is 1.71. The summed E-state index contributed by atoms with van der Waals surface area (Å²) < 4.78 is 11.2. The van der Waals surface area contributed by atoms with Gasteiger partial charge >= 0.3 is 0 Å². The number of hydrogen-bond acceptors (Lipinski definition) is 3. The van der Waals surface area contributed by atoms with Crippen LogP contribution in [0.15, 0.2) is 24.3 Å². The van der Waals surface area contributed by atoms with Crippen LogP contribution in [0, 0.1) is 0 Å². The number of para-hydroxylation sites is 1. The van der Waals surface area contributed by atoms with Gasteiger partial charge in [0.1, 0.15) is 5.75 Å². The van der Waals surface area contributed by atoms with Crippen LogP contribution in [-0.4, -0.2) is 19.8 Å². The minimum absolute atomic E-state index is 0.518. The van der Waals surface area contributed by atoms with Gasteiger partial charge in [0.2, 0.25) is 0 Å². The molecule has 1 rings (SSSR count). The van der Waals surface area contributed by atoms with Gasteiger partial charge in [0.05, 0.1) is 6.61 Å². The van der Waals surface area contributed by atoms with E-state index in [1.54, 1.807) is 0 Å². The Labute approximate surface area is 110 Å². The molecule has 0 aliphatic carbocycles. The van der Waals surface area contributed by atoms with E-state index in [2.05, 4.69) is 6.92 Å². The SMILES string of the molecule is CCCCCOCCCOc1ccccc1CN. The maximum Gasteiger partial charge on any atom is 0.123 e. The zero-order valence-electron chi connectivity index (χ0n) is 11.4. The molecule has 0 saturated carbocycles. The lowest BCUT2D eigenvalue weighted by molar-refractivity contribution is 0.116. The first-order valence-corrected chi connectivity index (χ1v) is 6.87. The van der Waals surface area contributed by atoms with Crippen molar-refractivity contribution in [1.82, 2.24) is 0 Å². The standard InChI is InChI=1S/C15H25NO2/c1-2-3-6-10-17-11-7-12-18-15-9-5-4-8-14(15)13-16/h4-5,8-9H,2-3,6-7,10-13,16H2,1H3. The van der Waals surface area contributed by atoms with Crippen LogP contribution in [0.5, 0.6) is 5.75 Å². The van der Waals surface area contributed by atoms with Gasteiger partial charge < -0.3 is 15.2 Å². The van der Waals surface area contributed by atoms with Crippen molar-refractivity contribution in [2.45, 2.75) is 39.2 Å². The third-order valence-corrected chi connectivity index (χ3v) is 2.78. The molecule has 18 heavy (non-hydrogen) atoms. The van der Waals surface area contributed by atoms with Gasteiger partial charge in [-0.25, -0.2) is 0 Å². The van der Waals surface area contributed by atoms with Crippen molar-refractivity contribution in [2.24, 2.45) is 5.73 Å². The molecule has 2 N–H and O–H groups in total. The lowest BCUT2D eigenvalue weighted by Crippen LogP contribution is -2.06.